The molecule has 172 valence electrons. The Morgan fingerprint density at radius 3 is 2.07 bits per heavy atom. The minimum atomic E-state index is -1.21. The van der Waals surface area contributed by atoms with Crippen LogP contribution in [0.3, 0.4) is 0 Å². The molecule has 12 nitrogen and oxygen atoms in total. The summed E-state index contributed by atoms with van der Waals surface area (Å²) in [5.41, 5.74) is 11.2. The zero-order valence-electron chi connectivity index (χ0n) is 17.3. The molecule has 0 aliphatic carbocycles. The van der Waals surface area contributed by atoms with E-state index in [0.717, 1.165) is 0 Å². The molecule has 0 aromatic rings. The summed E-state index contributed by atoms with van der Waals surface area (Å²) < 4.78 is 0. The first-order valence-corrected chi connectivity index (χ1v) is 9.77. The van der Waals surface area contributed by atoms with Crippen molar-refractivity contribution in [1.82, 2.24) is 16.0 Å². The first-order valence-electron chi connectivity index (χ1n) is 9.77. The van der Waals surface area contributed by atoms with Crippen LogP contribution in [0.15, 0.2) is 0 Å². The minimum absolute atomic E-state index is 0.201. The molecule has 3 atom stereocenters. The predicted octanol–water partition coefficient (Wildman–Crippen LogP) is -1.87. The van der Waals surface area contributed by atoms with Gasteiger partial charge >= 0.3 is 11.9 Å². The summed E-state index contributed by atoms with van der Waals surface area (Å²) in [6.45, 7) is 3.16. The summed E-state index contributed by atoms with van der Waals surface area (Å²) in [4.78, 5) is 58.4. The maximum absolute atomic E-state index is 12.4. The van der Waals surface area contributed by atoms with Gasteiger partial charge in [-0.2, -0.15) is 0 Å². The minimum Gasteiger partial charge on any atom is -0.481 e. The quantitative estimate of drug-likeness (QED) is 0.144. The van der Waals surface area contributed by atoms with Crippen LogP contribution >= 0.6 is 0 Å². The van der Waals surface area contributed by atoms with Crippen LogP contribution in [0, 0.1) is 5.92 Å². The largest absolute Gasteiger partial charge is 0.481 e. The fourth-order valence-electron chi connectivity index (χ4n) is 2.48. The second-order valence-corrected chi connectivity index (χ2v) is 7.23. The maximum atomic E-state index is 12.4. The monoisotopic (exact) mass is 431 g/mol. The molecular weight excluding hydrogens is 398 g/mol. The Balaban J connectivity index is 4.85. The van der Waals surface area contributed by atoms with E-state index in [1.807, 2.05) is 0 Å². The topological polar surface area (TPSA) is 214 Å². The highest BCUT2D eigenvalue weighted by atomic mass is 16.4. The van der Waals surface area contributed by atoms with Crippen molar-refractivity contribution < 1.29 is 34.2 Å². The van der Waals surface area contributed by atoms with Crippen molar-refractivity contribution in [3.05, 3.63) is 0 Å². The standard InChI is InChI=1S/C18H33N5O7/c1-10(2)15(18(29)30)23-13(24)9-21-17(28)12(6-7-14(25)26)22-16(27)11(20)5-3-4-8-19/h10-12,15H,3-9,19-20H2,1-2H3,(H,21,28)(H,22,27)(H,23,24)(H,25,26)(H,29,30). The number of carboxylic acids is 2. The molecule has 0 aliphatic heterocycles. The van der Waals surface area contributed by atoms with Crippen LogP contribution in [0.5, 0.6) is 0 Å². The molecule has 3 amide bonds. The van der Waals surface area contributed by atoms with Gasteiger partial charge in [-0.3, -0.25) is 19.2 Å². The first kappa shape index (κ1) is 27.3. The molecule has 0 aromatic carbocycles. The number of aliphatic carboxylic acids is 2. The fraction of sp³-hybridized carbons (Fsp3) is 0.722. The molecule has 0 fully saturated rings. The Hall–Kier alpha value is -2.73. The van der Waals surface area contributed by atoms with Crippen LogP contribution in [0.1, 0.15) is 46.0 Å². The van der Waals surface area contributed by atoms with E-state index in [4.69, 9.17) is 21.7 Å². The molecule has 0 spiro atoms. The Morgan fingerprint density at radius 1 is 0.933 bits per heavy atom. The number of carbonyl (C=O) groups excluding carboxylic acids is 3. The van der Waals surface area contributed by atoms with Gasteiger partial charge in [-0.1, -0.05) is 20.3 Å². The first-order chi connectivity index (χ1) is 14.0. The van der Waals surface area contributed by atoms with E-state index in [1.165, 1.54) is 0 Å². The Morgan fingerprint density at radius 2 is 1.57 bits per heavy atom. The summed E-state index contributed by atoms with van der Waals surface area (Å²) in [6.07, 6.45) is 1.07. The summed E-state index contributed by atoms with van der Waals surface area (Å²) in [7, 11) is 0. The van der Waals surface area contributed by atoms with Crippen LogP contribution in [0.25, 0.3) is 0 Å². The molecule has 0 saturated heterocycles. The normalized spacial score (nSPS) is 13.8. The van der Waals surface area contributed by atoms with Gasteiger partial charge in [0.15, 0.2) is 0 Å². The molecule has 30 heavy (non-hydrogen) atoms. The molecule has 9 N–H and O–H groups in total. The van der Waals surface area contributed by atoms with Crippen molar-refractivity contribution in [3.63, 3.8) is 0 Å². The van der Waals surface area contributed by atoms with E-state index in [0.29, 0.717) is 25.8 Å². The summed E-state index contributed by atoms with van der Waals surface area (Å²) >= 11 is 0. The lowest BCUT2D eigenvalue weighted by Gasteiger charge is -2.21. The lowest BCUT2D eigenvalue weighted by Crippen LogP contribution is -2.54. The third-order valence-electron chi connectivity index (χ3n) is 4.26. The van der Waals surface area contributed by atoms with E-state index in [2.05, 4.69) is 16.0 Å². The molecule has 3 unspecified atom stereocenters. The van der Waals surface area contributed by atoms with Crippen molar-refractivity contribution in [2.45, 2.75) is 64.1 Å². The number of nitrogens with one attached hydrogen (secondary N) is 3. The Labute approximate surface area is 175 Å². The number of carbonyl (C=O) groups is 5. The molecule has 0 saturated carbocycles. The van der Waals surface area contributed by atoms with Gasteiger partial charge in [0.1, 0.15) is 12.1 Å². The zero-order chi connectivity index (χ0) is 23.3. The van der Waals surface area contributed by atoms with E-state index < -0.39 is 54.3 Å². The van der Waals surface area contributed by atoms with Crippen molar-refractivity contribution >= 4 is 29.7 Å². The lowest BCUT2D eigenvalue weighted by molar-refractivity contribution is -0.143. The van der Waals surface area contributed by atoms with Gasteiger partial charge in [-0.05, 0) is 31.7 Å². The zero-order valence-corrected chi connectivity index (χ0v) is 17.3. The molecule has 0 aliphatic rings. The summed E-state index contributed by atoms with van der Waals surface area (Å²) in [5.74, 6) is -4.86. The van der Waals surface area contributed by atoms with Gasteiger partial charge in [0, 0.05) is 6.42 Å². The highest BCUT2D eigenvalue weighted by Crippen LogP contribution is 2.03. The van der Waals surface area contributed by atoms with E-state index in [9.17, 15) is 24.0 Å². The Bertz CT molecular complexity index is 612. The van der Waals surface area contributed by atoms with Gasteiger partial charge in [-0.25, -0.2) is 4.79 Å². The molecular formula is C18H33N5O7. The van der Waals surface area contributed by atoms with E-state index in [-0.39, 0.29) is 18.8 Å². The molecule has 0 heterocycles. The molecule has 0 aromatic heterocycles. The van der Waals surface area contributed by atoms with Gasteiger partial charge in [0.25, 0.3) is 0 Å². The predicted molar refractivity (Wildman–Crippen MR) is 107 cm³/mol. The summed E-state index contributed by atoms with van der Waals surface area (Å²) in [5, 5.41) is 24.9. The number of rotatable bonds is 15. The van der Waals surface area contributed by atoms with Crippen LogP contribution in [0.2, 0.25) is 0 Å². The van der Waals surface area contributed by atoms with Gasteiger partial charge in [0.05, 0.1) is 12.6 Å². The van der Waals surface area contributed by atoms with Crippen LogP contribution in [-0.4, -0.2) is 71.1 Å². The third kappa shape index (κ3) is 11.3. The number of amides is 3. The van der Waals surface area contributed by atoms with E-state index in [1.54, 1.807) is 13.8 Å². The Kier molecular flexibility index (Phi) is 13.0. The second kappa shape index (κ2) is 14.3. The number of unbranched alkanes of at least 4 members (excludes halogenated alkanes) is 1. The van der Waals surface area contributed by atoms with Crippen LogP contribution < -0.4 is 27.4 Å². The fourth-order valence-corrected chi connectivity index (χ4v) is 2.48. The highest BCUT2D eigenvalue weighted by molar-refractivity contribution is 5.92. The SMILES string of the molecule is CC(C)C(NC(=O)CNC(=O)C(CCC(=O)O)NC(=O)C(N)CCCCN)C(=O)O. The van der Waals surface area contributed by atoms with Gasteiger partial charge < -0.3 is 37.6 Å². The average Bonchev–Trinajstić information content (AvgIpc) is 2.66. The molecule has 0 radical (unpaired) electrons. The van der Waals surface area contributed by atoms with Crippen LogP contribution in [0.4, 0.5) is 0 Å². The smallest absolute Gasteiger partial charge is 0.326 e. The van der Waals surface area contributed by atoms with Crippen molar-refractivity contribution in [2.24, 2.45) is 17.4 Å². The summed E-state index contributed by atoms with van der Waals surface area (Å²) in [6, 6.07) is -3.21. The number of nitrogens with two attached hydrogens (primary N) is 2. The lowest BCUT2D eigenvalue weighted by atomic mass is 10.0. The van der Waals surface area contributed by atoms with Crippen LogP contribution in [-0.2, 0) is 24.0 Å². The van der Waals surface area contributed by atoms with Crippen molar-refractivity contribution in [1.29, 1.82) is 0 Å². The number of hydrogen-bond donors (Lipinski definition) is 7. The van der Waals surface area contributed by atoms with Crippen molar-refractivity contribution in [3.8, 4) is 0 Å². The molecule has 0 rings (SSSR count). The molecule has 0 bridgehead atoms. The molecule has 12 heteroatoms. The number of carboxylic acid groups (broad SMARTS) is 2. The highest BCUT2D eigenvalue weighted by Gasteiger charge is 2.26. The second-order valence-electron chi connectivity index (χ2n) is 7.23. The third-order valence-corrected chi connectivity index (χ3v) is 4.26. The maximum Gasteiger partial charge on any atom is 0.326 e. The van der Waals surface area contributed by atoms with Gasteiger partial charge in [-0.15, -0.1) is 0 Å². The average molecular weight is 431 g/mol. The van der Waals surface area contributed by atoms with Gasteiger partial charge in [0.2, 0.25) is 17.7 Å². The van der Waals surface area contributed by atoms with E-state index >= 15 is 0 Å². The number of hydrogen-bond acceptors (Lipinski definition) is 7. The van der Waals surface area contributed by atoms with Crippen molar-refractivity contribution in [2.75, 3.05) is 13.1 Å².